The van der Waals surface area contributed by atoms with Crippen molar-refractivity contribution in [3.63, 3.8) is 0 Å². The minimum absolute atomic E-state index is 0.261. The lowest BCUT2D eigenvalue weighted by atomic mass is 9.85. The number of aliphatic hydroxyl groups excluding tert-OH is 1. The van der Waals surface area contributed by atoms with Crippen LogP contribution in [0.2, 0.25) is 0 Å². The molecule has 2 aliphatic rings. The summed E-state index contributed by atoms with van der Waals surface area (Å²) in [7, 11) is 0. The standard InChI is InChI=1S/C26H27N5O3/c1-3-26(11-5-4-6-22(26)32)30-24(33)19-9-12-31(16-19)23-17(2)15-27-25(29-23)28-20-8-7-18-10-13-34-21(18)14-20/h4-9,11-12,14-16,22,32H,3,10,13H2,1-2H3,(H,30,33)(H,27,28,29). The van der Waals surface area contributed by atoms with Crippen LogP contribution in [-0.4, -0.2) is 43.8 Å². The van der Waals surface area contributed by atoms with E-state index in [2.05, 4.69) is 20.6 Å². The maximum atomic E-state index is 13.0. The van der Waals surface area contributed by atoms with Crippen LogP contribution in [0.15, 0.2) is 67.2 Å². The predicted octanol–water partition coefficient (Wildman–Crippen LogP) is 3.62. The summed E-state index contributed by atoms with van der Waals surface area (Å²) in [6, 6.07) is 7.73. The van der Waals surface area contributed by atoms with Crippen molar-refractivity contribution in [1.29, 1.82) is 0 Å². The molecule has 3 aromatic rings. The first kappa shape index (κ1) is 21.9. The molecule has 0 saturated heterocycles. The van der Waals surface area contributed by atoms with Gasteiger partial charge in [-0.15, -0.1) is 0 Å². The van der Waals surface area contributed by atoms with Gasteiger partial charge in [-0.05, 0) is 31.0 Å². The number of anilines is 2. The Morgan fingerprint density at radius 2 is 2.21 bits per heavy atom. The van der Waals surface area contributed by atoms with Gasteiger partial charge < -0.3 is 25.0 Å². The van der Waals surface area contributed by atoms with Crippen molar-refractivity contribution in [1.82, 2.24) is 19.9 Å². The Kier molecular flexibility index (Phi) is 5.67. The minimum Gasteiger partial charge on any atom is -0.493 e. The molecule has 2 unspecified atom stereocenters. The summed E-state index contributed by atoms with van der Waals surface area (Å²) in [6.45, 7) is 4.56. The zero-order valence-electron chi connectivity index (χ0n) is 19.2. The molecule has 1 aliphatic carbocycles. The quantitative estimate of drug-likeness (QED) is 0.523. The molecule has 2 aromatic heterocycles. The highest BCUT2D eigenvalue weighted by Crippen LogP contribution is 2.29. The van der Waals surface area contributed by atoms with E-state index in [0.29, 0.717) is 30.4 Å². The number of amides is 1. The number of benzene rings is 1. The van der Waals surface area contributed by atoms with Crippen molar-refractivity contribution in [3.8, 4) is 11.6 Å². The molecule has 1 aliphatic heterocycles. The number of hydrogen-bond donors (Lipinski definition) is 3. The number of allylic oxidation sites excluding steroid dienone is 2. The van der Waals surface area contributed by atoms with Gasteiger partial charge in [0.2, 0.25) is 5.95 Å². The number of aromatic nitrogens is 3. The van der Waals surface area contributed by atoms with Crippen LogP contribution in [0.3, 0.4) is 0 Å². The molecule has 3 heterocycles. The van der Waals surface area contributed by atoms with E-state index < -0.39 is 11.6 Å². The molecule has 0 radical (unpaired) electrons. The number of nitrogens with zero attached hydrogens (tertiary/aromatic N) is 3. The minimum atomic E-state index is -0.824. The van der Waals surface area contributed by atoms with Crippen molar-refractivity contribution in [2.75, 3.05) is 11.9 Å². The van der Waals surface area contributed by atoms with Gasteiger partial charge in [-0.1, -0.05) is 37.3 Å². The Labute approximate surface area is 198 Å². The first-order chi connectivity index (χ1) is 16.5. The van der Waals surface area contributed by atoms with Gasteiger partial charge >= 0.3 is 0 Å². The van der Waals surface area contributed by atoms with E-state index in [1.807, 2.05) is 44.2 Å². The van der Waals surface area contributed by atoms with Crippen LogP contribution in [0, 0.1) is 6.92 Å². The number of carbonyl (C=O) groups is 1. The Morgan fingerprint density at radius 3 is 3.03 bits per heavy atom. The van der Waals surface area contributed by atoms with Crippen molar-refractivity contribution >= 4 is 17.5 Å². The third-order valence-corrected chi connectivity index (χ3v) is 6.35. The molecule has 1 amide bonds. The largest absolute Gasteiger partial charge is 0.493 e. The van der Waals surface area contributed by atoms with Crippen molar-refractivity contribution in [2.45, 2.75) is 38.3 Å². The van der Waals surface area contributed by atoms with E-state index >= 15 is 0 Å². The van der Waals surface area contributed by atoms with Gasteiger partial charge in [-0.3, -0.25) is 4.79 Å². The molecule has 0 fully saturated rings. The van der Waals surface area contributed by atoms with E-state index in [9.17, 15) is 9.90 Å². The molecule has 8 nitrogen and oxygen atoms in total. The molecular formula is C26H27N5O3. The van der Waals surface area contributed by atoms with Crippen LogP contribution in [0.4, 0.5) is 11.6 Å². The van der Waals surface area contributed by atoms with Gasteiger partial charge in [0.05, 0.1) is 23.8 Å². The molecular weight excluding hydrogens is 430 g/mol. The van der Waals surface area contributed by atoms with Gasteiger partial charge in [0.1, 0.15) is 11.6 Å². The lowest BCUT2D eigenvalue weighted by Gasteiger charge is -2.35. The fraction of sp³-hybridized carbons (Fsp3) is 0.269. The maximum absolute atomic E-state index is 13.0. The van der Waals surface area contributed by atoms with E-state index in [4.69, 9.17) is 4.74 Å². The summed E-state index contributed by atoms with van der Waals surface area (Å²) in [6.07, 6.45) is 13.1. The van der Waals surface area contributed by atoms with Crippen LogP contribution < -0.4 is 15.4 Å². The highest BCUT2D eigenvalue weighted by molar-refractivity contribution is 5.95. The Hall–Kier alpha value is -3.91. The maximum Gasteiger partial charge on any atom is 0.253 e. The summed E-state index contributed by atoms with van der Waals surface area (Å²) in [5.74, 6) is 1.74. The van der Waals surface area contributed by atoms with Crippen LogP contribution in [-0.2, 0) is 6.42 Å². The molecule has 8 heteroatoms. The second-order valence-corrected chi connectivity index (χ2v) is 8.59. The zero-order chi connectivity index (χ0) is 23.7. The summed E-state index contributed by atoms with van der Waals surface area (Å²) in [4.78, 5) is 22.1. The first-order valence-electron chi connectivity index (χ1n) is 11.4. The molecule has 2 atom stereocenters. The average molecular weight is 458 g/mol. The molecule has 3 N–H and O–H groups in total. The number of aliphatic hydroxyl groups is 1. The number of aryl methyl sites for hydroxylation is 1. The third kappa shape index (κ3) is 4.08. The average Bonchev–Trinajstić information content (AvgIpc) is 3.51. The van der Waals surface area contributed by atoms with Gasteiger partial charge in [-0.2, -0.15) is 4.98 Å². The van der Waals surface area contributed by atoms with Gasteiger partial charge in [0, 0.05) is 42.3 Å². The van der Waals surface area contributed by atoms with Crippen LogP contribution in [0.5, 0.6) is 5.75 Å². The van der Waals surface area contributed by atoms with E-state index in [-0.39, 0.29) is 5.91 Å². The number of hydrogen-bond acceptors (Lipinski definition) is 6. The lowest BCUT2D eigenvalue weighted by molar-refractivity contribution is 0.0789. The normalized spacial score (nSPS) is 20.6. The monoisotopic (exact) mass is 457 g/mol. The molecule has 0 bridgehead atoms. The fourth-order valence-electron chi connectivity index (χ4n) is 4.27. The first-order valence-corrected chi connectivity index (χ1v) is 11.4. The molecule has 34 heavy (non-hydrogen) atoms. The number of nitrogens with one attached hydrogen (secondary N) is 2. The van der Waals surface area contributed by atoms with Gasteiger partial charge in [0.25, 0.3) is 5.91 Å². The Balaban J connectivity index is 1.36. The van der Waals surface area contributed by atoms with Crippen molar-refractivity contribution in [3.05, 3.63) is 83.9 Å². The molecule has 0 spiro atoms. The SMILES string of the molecule is CCC1(NC(=O)c2ccn(-c3nc(Nc4ccc5c(c4)OCC5)ncc3C)c2)C=CC=CC1O. The summed E-state index contributed by atoms with van der Waals surface area (Å²) < 4.78 is 7.44. The van der Waals surface area contributed by atoms with E-state index in [0.717, 1.165) is 23.4 Å². The van der Waals surface area contributed by atoms with E-state index in [1.54, 1.807) is 41.4 Å². The topological polar surface area (TPSA) is 101 Å². The zero-order valence-corrected chi connectivity index (χ0v) is 19.2. The van der Waals surface area contributed by atoms with E-state index in [1.165, 1.54) is 5.56 Å². The Morgan fingerprint density at radius 1 is 1.32 bits per heavy atom. The van der Waals surface area contributed by atoms with Crippen LogP contribution in [0.25, 0.3) is 5.82 Å². The van der Waals surface area contributed by atoms with Crippen molar-refractivity contribution in [2.24, 2.45) is 0 Å². The number of ether oxygens (including phenoxy) is 1. The van der Waals surface area contributed by atoms with Crippen LogP contribution in [0.1, 0.15) is 34.8 Å². The van der Waals surface area contributed by atoms with Gasteiger partial charge in [-0.25, -0.2) is 4.98 Å². The second kappa shape index (κ2) is 8.79. The fourth-order valence-corrected chi connectivity index (χ4v) is 4.27. The summed E-state index contributed by atoms with van der Waals surface area (Å²) in [5.41, 5.74) is 2.57. The Bertz CT molecular complexity index is 1300. The highest BCUT2D eigenvalue weighted by atomic mass is 16.5. The molecule has 0 saturated carbocycles. The summed E-state index contributed by atoms with van der Waals surface area (Å²) in [5, 5.41) is 16.7. The van der Waals surface area contributed by atoms with Crippen LogP contribution >= 0.6 is 0 Å². The van der Waals surface area contributed by atoms with Gasteiger partial charge in [0.15, 0.2) is 0 Å². The lowest BCUT2D eigenvalue weighted by Crippen LogP contribution is -2.55. The summed E-state index contributed by atoms with van der Waals surface area (Å²) >= 11 is 0. The number of fused-ring (bicyclic) bond motifs is 1. The molecule has 174 valence electrons. The number of rotatable bonds is 6. The highest BCUT2D eigenvalue weighted by Gasteiger charge is 2.35. The predicted molar refractivity (Wildman–Crippen MR) is 130 cm³/mol. The van der Waals surface area contributed by atoms with Crippen molar-refractivity contribution < 1.29 is 14.6 Å². The number of carbonyl (C=O) groups excluding carboxylic acids is 1. The molecule has 5 rings (SSSR count). The smallest absolute Gasteiger partial charge is 0.253 e. The molecule has 1 aromatic carbocycles. The third-order valence-electron chi connectivity index (χ3n) is 6.35. The second-order valence-electron chi connectivity index (χ2n) is 8.59.